The van der Waals surface area contributed by atoms with Crippen molar-refractivity contribution in [2.24, 2.45) is 11.8 Å². The van der Waals surface area contributed by atoms with Crippen LogP contribution in [-0.4, -0.2) is 25.2 Å². The van der Waals surface area contributed by atoms with E-state index in [9.17, 15) is 4.79 Å². The van der Waals surface area contributed by atoms with E-state index in [0.717, 1.165) is 6.42 Å². The average Bonchev–Trinajstić information content (AvgIpc) is 2.14. The van der Waals surface area contributed by atoms with Crippen LogP contribution in [0.25, 0.3) is 0 Å². The Hall–Kier alpha value is -0.570. The zero-order valence-corrected chi connectivity index (χ0v) is 10.9. The molecule has 3 heteroatoms. The van der Waals surface area contributed by atoms with Gasteiger partial charge < -0.3 is 10.1 Å². The Balaban J connectivity index is 4.44. The Morgan fingerprint density at radius 1 is 1.33 bits per heavy atom. The van der Waals surface area contributed by atoms with Gasteiger partial charge in [0.05, 0.1) is 0 Å². The molecule has 1 amide bonds. The van der Waals surface area contributed by atoms with Gasteiger partial charge in [0.15, 0.2) is 0 Å². The molecule has 0 aliphatic rings. The third-order valence-electron chi connectivity index (χ3n) is 3.03. The molecule has 90 valence electrons. The summed E-state index contributed by atoms with van der Waals surface area (Å²) in [5.41, 5.74) is -0.169. The summed E-state index contributed by atoms with van der Waals surface area (Å²) < 4.78 is 5.08. The fourth-order valence-electron chi connectivity index (χ4n) is 1.24. The zero-order valence-electron chi connectivity index (χ0n) is 10.9. The molecule has 3 nitrogen and oxygen atoms in total. The summed E-state index contributed by atoms with van der Waals surface area (Å²) in [5.74, 6) is 0.545. The van der Waals surface area contributed by atoms with E-state index < -0.39 is 0 Å². The van der Waals surface area contributed by atoms with Gasteiger partial charge in [0.1, 0.15) is 0 Å². The molecule has 0 fully saturated rings. The first kappa shape index (κ1) is 14.4. The highest BCUT2D eigenvalue weighted by molar-refractivity contribution is 5.78. The Morgan fingerprint density at radius 3 is 2.20 bits per heavy atom. The molecule has 0 rings (SSSR count). The summed E-state index contributed by atoms with van der Waals surface area (Å²) >= 11 is 0. The molecule has 0 saturated heterocycles. The van der Waals surface area contributed by atoms with Crippen molar-refractivity contribution in [2.75, 3.05) is 13.7 Å². The van der Waals surface area contributed by atoms with E-state index in [-0.39, 0.29) is 17.4 Å². The first-order valence-corrected chi connectivity index (χ1v) is 5.64. The number of ether oxygens (including phenoxy) is 1. The first-order chi connectivity index (χ1) is 6.83. The van der Waals surface area contributed by atoms with Crippen molar-refractivity contribution in [2.45, 2.75) is 46.6 Å². The molecule has 0 heterocycles. The second-order valence-corrected chi connectivity index (χ2v) is 4.96. The quantitative estimate of drug-likeness (QED) is 0.737. The molecular weight excluding hydrogens is 190 g/mol. The summed E-state index contributed by atoms with van der Waals surface area (Å²) in [6.45, 7) is 10.8. The minimum atomic E-state index is -0.169. The fraction of sp³-hybridized carbons (Fsp3) is 0.917. The largest absolute Gasteiger partial charge is 0.385 e. The van der Waals surface area contributed by atoms with E-state index in [1.165, 1.54) is 0 Å². The molecule has 0 spiro atoms. The number of rotatable bonds is 6. The molecule has 0 aliphatic heterocycles. The lowest BCUT2D eigenvalue weighted by Gasteiger charge is -2.35. The van der Waals surface area contributed by atoms with Crippen LogP contribution in [0, 0.1) is 11.8 Å². The average molecular weight is 215 g/mol. The summed E-state index contributed by atoms with van der Waals surface area (Å²) in [6.07, 6.45) is 0.847. The van der Waals surface area contributed by atoms with Crippen molar-refractivity contribution in [3.8, 4) is 0 Å². The number of carbonyl (C=O) groups excluding carboxylic acids is 1. The number of carbonyl (C=O) groups is 1. The highest BCUT2D eigenvalue weighted by Gasteiger charge is 2.30. The van der Waals surface area contributed by atoms with Gasteiger partial charge in [-0.1, -0.05) is 27.7 Å². The van der Waals surface area contributed by atoms with Gasteiger partial charge in [-0.3, -0.25) is 4.79 Å². The van der Waals surface area contributed by atoms with Crippen molar-refractivity contribution in [3.05, 3.63) is 0 Å². The van der Waals surface area contributed by atoms with Gasteiger partial charge >= 0.3 is 0 Å². The third kappa shape index (κ3) is 4.65. The monoisotopic (exact) mass is 215 g/mol. The summed E-state index contributed by atoms with van der Waals surface area (Å²) in [7, 11) is 1.69. The molecule has 0 saturated carbocycles. The maximum atomic E-state index is 11.7. The van der Waals surface area contributed by atoms with Crippen LogP contribution in [-0.2, 0) is 9.53 Å². The molecule has 15 heavy (non-hydrogen) atoms. The van der Waals surface area contributed by atoms with E-state index in [1.54, 1.807) is 7.11 Å². The molecular formula is C12H25NO2. The number of methoxy groups -OCH3 is 1. The van der Waals surface area contributed by atoms with Crippen LogP contribution in [0.2, 0.25) is 0 Å². The smallest absolute Gasteiger partial charge is 0.222 e. The van der Waals surface area contributed by atoms with Crippen LogP contribution in [0.5, 0.6) is 0 Å². The van der Waals surface area contributed by atoms with Gasteiger partial charge in [0.2, 0.25) is 5.91 Å². The van der Waals surface area contributed by atoms with Crippen molar-refractivity contribution < 1.29 is 9.53 Å². The van der Waals surface area contributed by atoms with Crippen molar-refractivity contribution in [1.29, 1.82) is 0 Å². The van der Waals surface area contributed by atoms with Gasteiger partial charge in [0.25, 0.3) is 0 Å². The number of hydrogen-bond acceptors (Lipinski definition) is 2. The second kappa shape index (κ2) is 6.11. The SMILES string of the molecule is COCC[C@@](C)(NC(=O)C(C)C)C(C)C. The van der Waals surface area contributed by atoms with E-state index in [2.05, 4.69) is 26.1 Å². The Morgan fingerprint density at radius 2 is 1.87 bits per heavy atom. The lowest BCUT2D eigenvalue weighted by molar-refractivity contribution is -0.126. The van der Waals surface area contributed by atoms with E-state index >= 15 is 0 Å². The van der Waals surface area contributed by atoms with Crippen LogP contribution < -0.4 is 5.32 Å². The topological polar surface area (TPSA) is 38.3 Å². The lowest BCUT2D eigenvalue weighted by Crippen LogP contribution is -2.51. The van der Waals surface area contributed by atoms with Crippen LogP contribution in [0.1, 0.15) is 41.0 Å². The molecule has 0 aromatic carbocycles. The summed E-state index contributed by atoms with van der Waals surface area (Å²) in [5, 5.41) is 3.11. The summed E-state index contributed by atoms with van der Waals surface area (Å²) in [4.78, 5) is 11.7. The molecule has 1 N–H and O–H groups in total. The highest BCUT2D eigenvalue weighted by Crippen LogP contribution is 2.21. The Kier molecular flexibility index (Phi) is 5.88. The summed E-state index contributed by atoms with van der Waals surface area (Å²) in [6, 6.07) is 0. The number of nitrogens with one attached hydrogen (secondary N) is 1. The number of hydrogen-bond donors (Lipinski definition) is 1. The number of amides is 1. The Labute approximate surface area is 93.6 Å². The van der Waals surface area contributed by atoms with Crippen LogP contribution in [0.15, 0.2) is 0 Å². The van der Waals surface area contributed by atoms with Crippen LogP contribution >= 0.6 is 0 Å². The minimum Gasteiger partial charge on any atom is -0.385 e. The van der Waals surface area contributed by atoms with Crippen LogP contribution in [0.3, 0.4) is 0 Å². The molecule has 0 radical (unpaired) electrons. The predicted octanol–water partition coefficient (Wildman–Crippen LogP) is 2.21. The Bertz CT molecular complexity index is 202. The van der Waals surface area contributed by atoms with Crippen molar-refractivity contribution >= 4 is 5.91 Å². The molecule has 0 unspecified atom stereocenters. The normalized spacial score (nSPS) is 15.5. The highest BCUT2D eigenvalue weighted by atomic mass is 16.5. The second-order valence-electron chi connectivity index (χ2n) is 4.96. The van der Waals surface area contributed by atoms with Gasteiger partial charge in [-0.25, -0.2) is 0 Å². The van der Waals surface area contributed by atoms with Gasteiger partial charge in [-0.05, 0) is 19.3 Å². The van der Waals surface area contributed by atoms with E-state index in [0.29, 0.717) is 12.5 Å². The molecule has 0 aliphatic carbocycles. The van der Waals surface area contributed by atoms with Gasteiger partial charge in [-0.2, -0.15) is 0 Å². The molecule has 1 atom stereocenters. The van der Waals surface area contributed by atoms with Gasteiger partial charge in [0, 0.05) is 25.2 Å². The predicted molar refractivity (Wildman–Crippen MR) is 62.7 cm³/mol. The first-order valence-electron chi connectivity index (χ1n) is 5.64. The maximum Gasteiger partial charge on any atom is 0.222 e. The van der Waals surface area contributed by atoms with E-state index in [1.807, 2.05) is 13.8 Å². The van der Waals surface area contributed by atoms with E-state index in [4.69, 9.17) is 4.74 Å². The fourth-order valence-corrected chi connectivity index (χ4v) is 1.24. The zero-order chi connectivity index (χ0) is 12.1. The van der Waals surface area contributed by atoms with Gasteiger partial charge in [-0.15, -0.1) is 0 Å². The van der Waals surface area contributed by atoms with Crippen molar-refractivity contribution in [1.82, 2.24) is 5.32 Å². The van der Waals surface area contributed by atoms with Crippen molar-refractivity contribution in [3.63, 3.8) is 0 Å². The lowest BCUT2D eigenvalue weighted by atomic mass is 9.85. The standard InChI is InChI=1S/C12H25NO2/c1-9(2)11(14)13-12(5,10(3)4)7-8-15-6/h9-10H,7-8H2,1-6H3,(H,13,14)/t12-/m1/s1. The van der Waals surface area contributed by atoms with Crippen LogP contribution in [0.4, 0.5) is 0 Å². The molecule has 0 aromatic rings. The minimum absolute atomic E-state index is 0.0330. The molecule has 0 aromatic heterocycles. The maximum absolute atomic E-state index is 11.7. The third-order valence-corrected chi connectivity index (χ3v) is 3.03. The molecule has 0 bridgehead atoms.